The molecular formula is C16H24N2O3. The molecule has 0 aromatic heterocycles. The third-order valence-electron chi connectivity index (χ3n) is 3.84. The van der Waals surface area contributed by atoms with Crippen LogP contribution in [0.1, 0.15) is 30.9 Å². The van der Waals surface area contributed by atoms with Gasteiger partial charge in [-0.15, -0.1) is 0 Å². The summed E-state index contributed by atoms with van der Waals surface area (Å²) in [5, 5.41) is 13.3. The van der Waals surface area contributed by atoms with Crippen LogP contribution in [-0.4, -0.2) is 41.8 Å². The Balaban J connectivity index is 1.79. The van der Waals surface area contributed by atoms with Gasteiger partial charge < -0.3 is 20.1 Å². The van der Waals surface area contributed by atoms with Crippen LogP contribution in [0.3, 0.4) is 0 Å². The number of benzene rings is 1. The molecule has 5 heteroatoms. The van der Waals surface area contributed by atoms with Gasteiger partial charge in [0.2, 0.25) is 0 Å². The van der Waals surface area contributed by atoms with Crippen LogP contribution in [0.4, 0.5) is 4.79 Å². The zero-order chi connectivity index (χ0) is 15.2. The number of hydrogen-bond acceptors (Lipinski definition) is 4. The number of piperidine rings is 1. The fourth-order valence-electron chi connectivity index (χ4n) is 2.59. The lowest BCUT2D eigenvalue weighted by Crippen LogP contribution is -2.44. The third kappa shape index (κ3) is 4.36. The van der Waals surface area contributed by atoms with E-state index in [1.807, 2.05) is 26.0 Å². The van der Waals surface area contributed by atoms with Crippen molar-refractivity contribution >= 4 is 6.09 Å². The van der Waals surface area contributed by atoms with Crippen LogP contribution in [-0.2, 0) is 11.3 Å². The predicted octanol–water partition coefficient (Wildman–Crippen LogP) is 2.41. The van der Waals surface area contributed by atoms with E-state index in [1.54, 1.807) is 11.0 Å². The SMILES string of the molecule is CCOC(=O)N1CCC(NCc2cc(C)ccc2O)CC1. The maximum atomic E-state index is 11.6. The molecule has 0 saturated carbocycles. The van der Waals surface area contributed by atoms with Crippen LogP contribution < -0.4 is 5.32 Å². The molecule has 1 heterocycles. The number of amides is 1. The first kappa shape index (κ1) is 15.6. The van der Waals surface area contributed by atoms with E-state index in [4.69, 9.17) is 4.74 Å². The number of nitrogens with zero attached hydrogens (tertiary/aromatic N) is 1. The van der Waals surface area contributed by atoms with Gasteiger partial charge >= 0.3 is 6.09 Å². The number of rotatable bonds is 4. The summed E-state index contributed by atoms with van der Waals surface area (Å²) < 4.78 is 5.01. The van der Waals surface area contributed by atoms with Crippen LogP contribution >= 0.6 is 0 Å². The molecule has 5 nitrogen and oxygen atoms in total. The van der Waals surface area contributed by atoms with Crippen molar-refractivity contribution in [2.75, 3.05) is 19.7 Å². The number of nitrogens with one attached hydrogen (secondary N) is 1. The summed E-state index contributed by atoms with van der Waals surface area (Å²) in [6.07, 6.45) is 1.60. The summed E-state index contributed by atoms with van der Waals surface area (Å²) >= 11 is 0. The highest BCUT2D eigenvalue weighted by Gasteiger charge is 2.23. The van der Waals surface area contributed by atoms with E-state index in [9.17, 15) is 9.90 Å². The molecule has 0 bridgehead atoms. The standard InChI is InChI=1S/C16H24N2O3/c1-3-21-16(20)18-8-6-14(7-9-18)17-11-13-10-12(2)4-5-15(13)19/h4-5,10,14,17,19H,3,6-9,11H2,1-2H3. The van der Waals surface area contributed by atoms with Gasteiger partial charge in [0.05, 0.1) is 6.61 Å². The van der Waals surface area contributed by atoms with Gasteiger partial charge in [-0.1, -0.05) is 17.7 Å². The number of carbonyl (C=O) groups is 1. The van der Waals surface area contributed by atoms with Crippen molar-refractivity contribution in [3.8, 4) is 5.75 Å². The van der Waals surface area contributed by atoms with Crippen molar-refractivity contribution in [2.24, 2.45) is 0 Å². The molecule has 0 radical (unpaired) electrons. The summed E-state index contributed by atoms with van der Waals surface area (Å²) in [5.74, 6) is 0.331. The average Bonchev–Trinajstić information content (AvgIpc) is 2.49. The lowest BCUT2D eigenvalue weighted by atomic mass is 10.0. The maximum Gasteiger partial charge on any atom is 0.409 e. The minimum absolute atomic E-state index is 0.215. The first-order valence-corrected chi connectivity index (χ1v) is 7.53. The summed E-state index contributed by atoms with van der Waals surface area (Å²) in [6.45, 7) is 6.34. The summed E-state index contributed by atoms with van der Waals surface area (Å²) in [6, 6.07) is 6.00. The first-order chi connectivity index (χ1) is 10.1. The Morgan fingerprint density at radius 3 is 2.81 bits per heavy atom. The number of ether oxygens (including phenoxy) is 1. The molecule has 0 aliphatic carbocycles. The normalized spacial score (nSPS) is 16.0. The lowest BCUT2D eigenvalue weighted by Gasteiger charge is -2.31. The van der Waals surface area contributed by atoms with Crippen LogP contribution in [0.2, 0.25) is 0 Å². The zero-order valence-corrected chi connectivity index (χ0v) is 12.8. The van der Waals surface area contributed by atoms with Crippen molar-refractivity contribution in [1.29, 1.82) is 0 Å². The fourth-order valence-corrected chi connectivity index (χ4v) is 2.59. The second-order valence-corrected chi connectivity index (χ2v) is 5.47. The molecule has 1 fully saturated rings. The van der Waals surface area contributed by atoms with Crippen molar-refractivity contribution in [3.63, 3.8) is 0 Å². The van der Waals surface area contributed by atoms with Gasteiger partial charge in [0.25, 0.3) is 0 Å². The minimum Gasteiger partial charge on any atom is -0.508 e. The number of phenols is 1. The van der Waals surface area contributed by atoms with E-state index in [0.29, 0.717) is 24.9 Å². The van der Waals surface area contributed by atoms with Gasteiger partial charge in [0.1, 0.15) is 5.75 Å². The van der Waals surface area contributed by atoms with Gasteiger partial charge in [-0.25, -0.2) is 4.79 Å². The molecule has 1 amide bonds. The summed E-state index contributed by atoms with van der Waals surface area (Å²) in [4.78, 5) is 13.4. The van der Waals surface area contributed by atoms with E-state index in [1.165, 1.54) is 0 Å². The highest BCUT2D eigenvalue weighted by molar-refractivity contribution is 5.67. The summed E-state index contributed by atoms with van der Waals surface area (Å²) in [5.41, 5.74) is 2.06. The average molecular weight is 292 g/mol. The third-order valence-corrected chi connectivity index (χ3v) is 3.84. The molecule has 0 atom stereocenters. The van der Waals surface area contributed by atoms with E-state index < -0.39 is 0 Å². The molecule has 1 aliphatic rings. The molecule has 116 valence electrons. The van der Waals surface area contributed by atoms with Crippen molar-refractivity contribution < 1.29 is 14.6 Å². The van der Waals surface area contributed by atoms with E-state index in [0.717, 1.165) is 37.1 Å². The van der Waals surface area contributed by atoms with Gasteiger partial charge in [0, 0.05) is 31.2 Å². The van der Waals surface area contributed by atoms with E-state index in [-0.39, 0.29) is 6.09 Å². The number of phenolic OH excluding ortho intramolecular Hbond substituents is 1. The second kappa shape index (κ2) is 7.31. The second-order valence-electron chi connectivity index (χ2n) is 5.47. The number of hydrogen-bond donors (Lipinski definition) is 2. The lowest BCUT2D eigenvalue weighted by molar-refractivity contribution is 0.0950. The molecule has 1 aromatic rings. The number of likely N-dealkylation sites (tertiary alicyclic amines) is 1. The quantitative estimate of drug-likeness (QED) is 0.894. The Morgan fingerprint density at radius 2 is 2.14 bits per heavy atom. The molecule has 1 saturated heterocycles. The maximum absolute atomic E-state index is 11.6. The van der Waals surface area contributed by atoms with Gasteiger partial charge in [-0.3, -0.25) is 0 Å². The highest BCUT2D eigenvalue weighted by Crippen LogP contribution is 2.19. The minimum atomic E-state index is -0.215. The number of aromatic hydroxyl groups is 1. The Hall–Kier alpha value is -1.75. The number of carbonyl (C=O) groups excluding carboxylic acids is 1. The Labute approximate surface area is 125 Å². The Bertz CT molecular complexity index is 482. The first-order valence-electron chi connectivity index (χ1n) is 7.53. The predicted molar refractivity (Wildman–Crippen MR) is 81.3 cm³/mol. The zero-order valence-electron chi connectivity index (χ0n) is 12.8. The number of aryl methyl sites for hydroxylation is 1. The van der Waals surface area contributed by atoms with Gasteiger partial charge in [0.15, 0.2) is 0 Å². The topological polar surface area (TPSA) is 61.8 Å². The molecule has 1 aliphatic heterocycles. The van der Waals surface area contributed by atoms with Crippen LogP contribution in [0.5, 0.6) is 5.75 Å². The highest BCUT2D eigenvalue weighted by atomic mass is 16.6. The van der Waals surface area contributed by atoms with E-state index in [2.05, 4.69) is 5.32 Å². The molecular weight excluding hydrogens is 268 g/mol. The smallest absolute Gasteiger partial charge is 0.409 e. The van der Waals surface area contributed by atoms with Gasteiger partial charge in [-0.05, 0) is 32.8 Å². The summed E-state index contributed by atoms with van der Waals surface area (Å²) in [7, 11) is 0. The van der Waals surface area contributed by atoms with Crippen molar-refractivity contribution in [2.45, 2.75) is 39.3 Å². The molecule has 2 rings (SSSR count). The molecule has 2 N–H and O–H groups in total. The Kier molecular flexibility index (Phi) is 5.44. The fraction of sp³-hybridized carbons (Fsp3) is 0.562. The van der Waals surface area contributed by atoms with Crippen molar-refractivity contribution in [1.82, 2.24) is 10.2 Å². The largest absolute Gasteiger partial charge is 0.508 e. The van der Waals surface area contributed by atoms with Gasteiger partial charge in [-0.2, -0.15) is 0 Å². The van der Waals surface area contributed by atoms with Crippen LogP contribution in [0.15, 0.2) is 18.2 Å². The Morgan fingerprint density at radius 1 is 1.43 bits per heavy atom. The van der Waals surface area contributed by atoms with Crippen LogP contribution in [0, 0.1) is 6.92 Å². The molecule has 1 aromatic carbocycles. The molecule has 21 heavy (non-hydrogen) atoms. The van der Waals surface area contributed by atoms with E-state index >= 15 is 0 Å². The van der Waals surface area contributed by atoms with Crippen molar-refractivity contribution in [3.05, 3.63) is 29.3 Å². The monoisotopic (exact) mass is 292 g/mol. The van der Waals surface area contributed by atoms with Crippen LogP contribution in [0.25, 0.3) is 0 Å². The molecule has 0 unspecified atom stereocenters. The molecule has 0 spiro atoms.